The number of carbonyl (C=O) groups is 1. The van der Waals surface area contributed by atoms with Crippen molar-refractivity contribution in [3.8, 4) is 0 Å². The van der Waals surface area contributed by atoms with Gasteiger partial charge in [-0.3, -0.25) is 0 Å². The molecule has 1 saturated heterocycles. The van der Waals surface area contributed by atoms with Crippen LogP contribution in [0.4, 0.5) is 4.79 Å². The molecule has 1 amide bonds. The van der Waals surface area contributed by atoms with Gasteiger partial charge < -0.3 is 14.8 Å². The SMILES string of the molecule is C=CCOC(=O)NC1COCC1S. The first-order valence-corrected chi connectivity index (χ1v) is 4.55. The molecule has 1 aliphatic heterocycles. The highest BCUT2D eigenvalue weighted by molar-refractivity contribution is 7.81. The Bertz CT molecular complexity index is 198. The molecule has 1 rings (SSSR count). The summed E-state index contributed by atoms with van der Waals surface area (Å²) in [7, 11) is 0. The van der Waals surface area contributed by atoms with E-state index in [1.807, 2.05) is 0 Å². The average molecular weight is 203 g/mol. The van der Waals surface area contributed by atoms with Gasteiger partial charge in [0.2, 0.25) is 0 Å². The van der Waals surface area contributed by atoms with E-state index < -0.39 is 6.09 Å². The van der Waals surface area contributed by atoms with Crippen LogP contribution in [0.25, 0.3) is 0 Å². The van der Waals surface area contributed by atoms with Gasteiger partial charge in [0.25, 0.3) is 0 Å². The number of carbonyl (C=O) groups excluding carboxylic acids is 1. The summed E-state index contributed by atoms with van der Waals surface area (Å²) < 4.78 is 9.85. The maximum atomic E-state index is 11.0. The lowest BCUT2D eigenvalue weighted by Crippen LogP contribution is -2.40. The summed E-state index contributed by atoms with van der Waals surface area (Å²) in [5.41, 5.74) is 0. The highest BCUT2D eigenvalue weighted by Crippen LogP contribution is 2.11. The Hall–Kier alpha value is -0.680. The monoisotopic (exact) mass is 203 g/mol. The van der Waals surface area contributed by atoms with Crippen molar-refractivity contribution in [3.63, 3.8) is 0 Å². The number of alkyl carbamates (subject to hydrolysis) is 1. The van der Waals surface area contributed by atoms with Gasteiger partial charge in [0.1, 0.15) is 6.61 Å². The Morgan fingerprint density at radius 3 is 3.08 bits per heavy atom. The molecule has 2 atom stereocenters. The highest BCUT2D eigenvalue weighted by atomic mass is 32.1. The summed E-state index contributed by atoms with van der Waals surface area (Å²) in [5, 5.41) is 2.71. The third kappa shape index (κ3) is 3.28. The Kier molecular flexibility index (Phi) is 4.11. The van der Waals surface area contributed by atoms with Crippen molar-refractivity contribution in [2.75, 3.05) is 19.8 Å². The van der Waals surface area contributed by atoms with E-state index in [1.165, 1.54) is 6.08 Å². The molecule has 0 aromatic heterocycles. The number of thiol groups is 1. The van der Waals surface area contributed by atoms with Gasteiger partial charge in [0.05, 0.1) is 19.3 Å². The van der Waals surface area contributed by atoms with E-state index in [-0.39, 0.29) is 17.9 Å². The quantitative estimate of drug-likeness (QED) is 0.521. The van der Waals surface area contributed by atoms with E-state index in [1.54, 1.807) is 0 Å². The van der Waals surface area contributed by atoms with E-state index in [0.717, 1.165) is 0 Å². The van der Waals surface area contributed by atoms with Crippen molar-refractivity contribution >= 4 is 18.7 Å². The summed E-state index contributed by atoms with van der Waals surface area (Å²) in [5.74, 6) is 0. The van der Waals surface area contributed by atoms with Gasteiger partial charge in [0, 0.05) is 5.25 Å². The maximum Gasteiger partial charge on any atom is 0.407 e. The minimum Gasteiger partial charge on any atom is -0.445 e. The van der Waals surface area contributed by atoms with Gasteiger partial charge >= 0.3 is 6.09 Å². The molecule has 1 fully saturated rings. The fourth-order valence-corrected chi connectivity index (χ4v) is 1.27. The second kappa shape index (κ2) is 5.14. The normalized spacial score (nSPS) is 26.8. The van der Waals surface area contributed by atoms with Gasteiger partial charge in [-0.15, -0.1) is 0 Å². The molecule has 1 aliphatic rings. The minimum atomic E-state index is -0.450. The number of nitrogens with one attached hydrogen (secondary N) is 1. The topological polar surface area (TPSA) is 47.6 Å². The molecule has 0 bridgehead atoms. The number of amides is 1. The summed E-state index contributed by atoms with van der Waals surface area (Å²) in [4.78, 5) is 11.0. The van der Waals surface area contributed by atoms with Crippen molar-refractivity contribution in [2.24, 2.45) is 0 Å². The summed E-state index contributed by atoms with van der Waals surface area (Å²) in [6.45, 7) is 4.72. The fourth-order valence-electron chi connectivity index (χ4n) is 1.01. The molecule has 74 valence electrons. The Morgan fingerprint density at radius 1 is 1.77 bits per heavy atom. The lowest BCUT2D eigenvalue weighted by molar-refractivity contribution is 0.149. The van der Waals surface area contributed by atoms with Gasteiger partial charge in [-0.1, -0.05) is 12.7 Å². The number of rotatable bonds is 3. The van der Waals surface area contributed by atoms with Crippen LogP contribution in [-0.2, 0) is 9.47 Å². The molecule has 0 aromatic carbocycles. The lowest BCUT2D eigenvalue weighted by atomic mass is 10.2. The van der Waals surface area contributed by atoms with Crippen LogP contribution in [0.1, 0.15) is 0 Å². The molecule has 0 spiro atoms. The predicted octanol–water partition coefficient (Wildman–Crippen LogP) is 0.596. The summed E-state index contributed by atoms with van der Waals surface area (Å²) in [6.07, 6.45) is 1.07. The van der Waals surface area contributed by atoms with E-state index in [2.05, 4.69) is 24.5 Å². The van der Waals surface area contributed by atoms with Gasteiger partial charge in [-0.05, 0) is 0 Å². The standard InChI is InChI=1S/C8H13NO3S/c1-2-3-12-8(10)9-6-4-11-5-7(6)13/h2,6-7,13H,1,3-5H2,(H,9,10). The highest BCUT2D eigenvalue weighted by Gasteiger charge is 2.26. The van der Waals surface area contributed by atoms with Crippen molar-refractivity contribution in [1.29, 1.82) is 0 Å². The van der Waals surface area contributed by atoms with Crippen LogP contribution < -0.4 is 5.32 Å². The van der Waals surface area contributed by atoms with Crippen LogP contribution in [-0.4, -0.2) is 37.2 Å². The maximum absolute atomic E-state index is 11.0. The molecule has 0 radical (unpaired) electrons. The van der Waals surface area contributed by atoms with Crippen molar-refractivity contribution in [3.05, 3.63) is 12.7 Å². The zero-order chi connectivity index (χ0) is 9.68. The van der Waals surface area contributed by atoms with E-state index in [9.17, 15) is 4.79 Å². The first-order chi connectivity index (χ1) is 6.24. The van der Waals surface area contributed by atoms with Crippen molar-refractivity contribution in [2.45, 2.75) is 11.3 Å². The van der Waals surface area contributed by atoms with Gasteiger partial charge in [0.15, 0.2) is 0 Å². The van der Waals surface area contributed by atoms with Crippen molar-refractivity contribution < 1.29 is 14.3 Å². The summed E-state index contributed by atoms with van der Waals surface area (Å²) in [6, 6.07) is -0.0550. The number of ether oxygens (including phenoxy) is 2. The van der Waals surface area contributed by atoms with Crippen LogP contribution in [0.15, 0.2) is 12.7 Å². The fraction of sp³-hybridized carbons (Fsp3) is 0.625. The van der Waals surface area contributed by atoms with E-state index in [4.69, 9.17) is 9.47 Å². The molecular weight excluding hydrogens is 190 g/mol. The van der Waals surface area contributed by atoms with E-state index in [0.29, 0.717) is 13.2 Å². The zero-order valence-electron chi connectivity index (χ0n) is 7.23. The number of hydrogen-bond acceptors (Lipinski definition) is 4. The zero-order valence-corrected chi connectivity index (χ0v) is 8.13. The smallest absolute Gasteiger partial charge is 0.407 e. The molecule has 5 heteroatoms. The second-order valence-corrected chi connectivity index (χ2v) is 3.41. The second-order valence-electron chi connectivity index (χ2n) is 2.74. The number of hydrogen-bond donors (Lipinski definition) is 2. The first kappa shape index (κ1) is 10.4. The Balaban J connectivity index is 2.22. The predicted molar refractivity (Wildman–Crippen MR) is 52.1 cm³/mol. The third-order valence-corrected chi connectivity index (χ3v) is 2.19. The van der Waals surface area contributed by atoms with Crippen LogP contribution in [0.5, 0.6) is 0 Å². The molecule has 13 heavy (non-hydrogen) atoms. The molecule has 1 heterocycles. The molecule has 4 nitrogen and oxygen atoms in total. The van der Waals surface area contributed by atoms with Crippen LogP contribution in [0.3, 0.4) is 0 Å². The van der Waals surface area contributed by atoms with Crippen LogP contribution >= 0.6 is 12.6 Å². The summed E-state index contributed by atoms with van der Waals surface area (Å²) >= 11 is 4.24. The molecule has 2 unspecified atom stereocenters. The molecule has 0 aliphatic carbocycles. The van der Waals surface area contributed by atoms with Gasteiger partial charge in [-0.25, -0.2) is 4.79 Å². The minimum absolute atomic E-state index is 0.0521. The molecule has 1 N–H and O–H groups in total. The van der Waals surface area contributed by atoms with Crippen LogP contribution in [0.2, 0.25) is 0 Å². The molecule has 0 aromatic rings. The first-order valence-electron chi connectivity index (χ1n) is 4.04. The largest absolute Gasteiger partial charge is 0.445 e. The Labute approximate surface area is 82.7 Å². The van der Waals surface area contributed by atoms with Gasteiger partial charge in [-0.2, -0.15) is 12.6 Å². The Morgan fingerprint density at radius 2 is 2.54 bits per heavy atom. The van der Waals surface area contributed by atoms with E-state index >= 15 is 0 Å². The lowest BCUT2D eigenvalue weighted by Gasteiger charge is -2.13. The molecule has 0 saturated carbocycles. The molecular formula is C8H13NO3S. The van der Waals surface area contributed by atoms with Crippen molar-refractivity contribution in [1.82, 2.24) is 5.32 Å². The van der Waals surface area contributed by atoms with Crippen LogP contribution in [0, 0.1) is 0 Å². The average Bonchev–Trinajstić information content (AvgIpc) is 2.48. The third-order valence-electron chi connectivity index (χ3n) is 1.69.